The normalized spacial score (nSPS) is 28.5. The molecule has 0 bridgehead atoms. The molecule has 0 spiro atoms. The highest BCUT2D eigenvalue weighted by Crippen LogP contribution is 2.48. The Balaban J connectivity index is 1.82. The standard InChI is InChI=1S/C15H25N3/c1-14(2,3)18-10-13(7-16-18)15(4,5)17-8-11-6-12(11)9-17/h7,10-12H,6,8-9H2,1-5H3. The molecule has 1 aliphatic carbocycles. The lowest BCUT2D eigenvalue weighted by atomic mass is 9.95. The lowest BCUT2D eigenvalue weighted by Crippen LogP contribution is -2.40. The van der Waals surface area contributed by atoms with Crippen LogP contribution in [0.5, 0.6) is 0 Å². The van der Waals surface area contributed by atoms with Gasteiger partial charge in [-0.15, -0.1) is 0 Å². The zero-order valence-electron chi connectivity index (χ0n) is 12.3. The van der Waals surface area contributed by atoms with Gasteiger partial charge >= 0.3 is 0 Å². The van der Waals surface area contributed by atoms with Crippen LogP contribution >= 0.6 is 0 Å². The number of hydrogen-bond acceptors (Lipinski definition) is 2. The van der Waals surface area contributed by atoms with E-state index >= 15 is 0 Å². The van der Waals surface area contributed by atoms with Crippen molar-refractivity contribution < 1.29 is 0 Å². The molecule has 0 radical (unpaired) electrons. The zero-order valence-corrected chi connectivity index (χ0v) is 12.3. The van der Waals surface area contributed by atoms with Crippen LogP contribution in [0.25, 0.3) is 0 Å². The third kappa shape index (κ3) is 1.89. The number of fused-ring (bicyclic) bond motifs is 1. The second kappa shape index (κ2) is 3.60. The summed E-state index contributed by atoms with van der Waals surface area (Å²) in [6.45, 7) is 13.8. The van der Waals surface area contributed by atoms with Gasteiger partial charge in [0.25, 0.3) is 0 Å². The second-order valence-electron chi connectivity index (χ2n) is 7.56. The molecule has 2 aliphatic rings. The number of rotatable bonds is 2. The van der Waals surface area contributed by atoms with E-state index in [1.54, 1.807) is 0 Å². The predicted octanol–water partition coefficient (Wildman–Crippen LogP) is 2.82. The number of piperidine rings is 1. The van der Waals surface area contributed by atoms with Crippen molar-refractivity contribution in [3.8, 4) is 0 Å². The molecule has 3 rings (SSSR count). The van der Waals surface area contributed by atoms with E-state index in [4.69, 9.17) is 0 Å². The van der Waals surface area contributed by atoms with Crippen molar-refractivity contribution in [1.29, 1.82) is 0 Å². The van der Waals surface area contributed by atoms with Gasteiger partial charge < -0.3 is 0 Å². The van der Waals surface area contributed by atoms with Crippen molar-refractivity contribution in [1.82, 2.24) is 14.7 Å². The van der Waals surface area contributed by atoms with Crippen LogP contribution in [0.1, 0.15) is 46.6 Å². The third-order valence-electron chi connectivity index (χ3n) is 4.75. The first-order valence-corrected chi connectivity index (χ1v) is 7.09. The van der Waals surface area contributed by atoms with Crippen LogP contribution in [0.3, 0.4) is 0 Å². The summed E-state index contributed by atoms with van der Waals surface area (Å²) in [5, 5.41) is 4.55. The molecule has 0 aromatic carbocycles. The van der Waals surface area contributed by atoms with Crippen molar-refractivity contribution >= 4 is 0 Å². The summed E-state index contributed by atoms with van der Waals surface area (Å²) in [4.78, 5) is 2.63. The highest BCUT2D eigenvalue weighted by molar-refractivity contribution is 5.19. The molecule has 1 aromatic heterocycles. The molecule has 2 heterocycles. The first-order valence-electron chi connectivity index (χ1n) is 7.09. The van der Waals surface area contributed by atoms with Crippen LogP contribution in [-0.2, 0) is 11.1 Å². The zero-order chi connectivity index (χ0) is 13.1. The minimum absolute atomic E-state index is 0.0709. The van der Waals surface area contributed by atoms with E-state index in [1.165, 1.54) is 25.1 Å². The molecule has 2 fully saturated rings. The van der Waals surface area contributed by atoms with Crippen LogP contribution in [0.2, 0.25) is 0 Å². The Morgan fingerprint density at radius 2 is 1.72 bits per heavy atom. The molecule has 1 aromatic rings. The van der Waals surface area contributed by atoms with Crippen LogP contribution < -0.4 is 0 Å². The maximum atomic E-state index is 4.55. The monoisotopic (exact) mass is 247 g/mol. The number of nitrogens with zero attached hydrogens (tertiary/aromatic N) is 3. The predicted molar refractivity (Wildman–Crippen MR) is 73.4 cm³/mol. The van der Waals surface area contributed by atoms with E-state index in [2.05, 4.69) is 61.7 Å². The third-order valence-corrected chi connectivity index (χ3v) is 4.75. The fourth-order valence-electron chi connectivity index (χ4n) is 3.04. The summed E-state index contributed by atoms with van der Waals surface area (Å²) in [5.41, 5.74) is 1.54. The number of hydrogen-bond donors (Lipinski definition) is 0. The molecule has 3 nitrogen and oxygen atoms in total. The second-order valence-corrected chi connectivity index (χ2v) is 7.56. The maximum Gasteiger partial charge on any atom is 0.0543 e. The molecule has 0 N–H and O–H groups in total. The highest BCUT2D eigenvalue weighted by atomic mass is 15.3. The molecule has 1 aliphatic heterocycles. The molecule has 2 atom stereocenters. The first-order chi connectivity index (χ1) is 8.28. The lowest BCUT2D eigenvalue weighted by Gasteiger charge is -2.36. The fourth-order valence-corrected chi connectivity index (χ4v) is 3.04. The van der Waals surface area contributed by atoms with Crippen LogP contribution in [0, 0.1) is 11.8 Å². The summed E-state index contributed by atoms with van der Waals surface area (Å²) >= 11 is 0. The Labute approximate surface area is 110 Å². The van der Waals surface area contributed by atoms with Crippen LogP contribution in [-0.4, -0.2) is 27.8 Å². The van der Waals surface area contributed by atoms with Gasteiger partial charge in [0.2, 0.25) is 0 Å². The summed E-state index contributed by atoms with van der Waals surface area (Å²) in [6, 6.07) is 0. The van der Waals surface area contributed by atoms with Crippen LogP contribution in [0.4, 0.5) is 0 Å². The Bertz CT molecular complexity index is 443. The van der Waals surface area contributed by atoms with E-state index in [0.29, 0.717) is 0 Å². The minimum atomic E-state index is 0.0709. The molecule has 100 valence electrons. The highest BCUT2D eigenvalue weighted by Gasteiger charge is 2.49. The Morgan fingerprint density at radius 1 is 1.11 bits per heavy atom. The number of likely N-dealkylation sites (tertiary alicyclic amines) is 1. The maximum absolute atomic E-state index is 4.55. The molecule has 2 unspecified atom stereocenters. The average molecular weight is 247 g/mol. The smallest absolute Gasteiger partial charge is 0.0543 e. The quantitative estimate of drug-likeness (QED) is 0.801. The molecular formula is C15H25N3. The summed E-state index contributed by atoms with van der Waals surface area (Å²) in [7, 11) is 0. The van der Waals surface area contributed by atoms with Gasteiger partial charge in [0.1, 0.15) is 0 Å². The van der Waals surface area contributed by atoms with Crippen molar-refractivity contribution in [2.75, 3.05) is 13.1 Å². The first kappa shape index (κ1) is 12.2. The van der Waals surface area contributed by atoms with Gasteiger partial charge in [0.15, 0.2) is 0 Å². The Kier molecular flexibility index (Phi) is 2.44. The van der Waals surface area contributed by atoms with Gasteiger partial charge in [-0.1, -0.05) is 0 Å². The van der Waals surface area contributed by atoms with Crippen molar-refractivity contribution in [3.05, 3.63) is 18.0 Å². The largest absolute Gasteiger partial charge is 0.293 e. The summed E-state index contributed by atoms with van der Waals surface area (Å²) in [5.74, 6) is 1.98. The van der Waals surface area contributed by atoms with E-state index in [9.17, 15) is 0 Å². The Hall–Kier alpha value is -0.830. The van der Waals surface area contributed by atoms with E-state index in [-0.39, 0.29) is 11.1 Å². The van der Waals surface area contributed by atoms with Crippen molar-refractivity contribution in [2.24, 2.45) is 11.8 Å². The van der Waals surface area contributed by atoms with Gasteiger partial charge in [-0.25, -0.2) is 0 Å². The van der Waals surface area contributed by atoms with Gasteiger partial charge in [-0.2, -0.15) is 5.10 Å². The van der Waals surface area contributed by atoms with Gasteiger partial charge in [0, 0.05) is 30.4 Å². The van der Waals surface area contributed by atoms with Crippen molar-refractivity contribution in [3.63, 3.8) is 0 Å². The minimum Gasteiger partial charge on any atom is -0.293 e. The molecule has 1 saturated heterocycles. The summed E-state index contributed by atoms with van der Waals surface area (Å²) in [6.07, 6.45) is 5.74. The fraction of sp³-hybridized carbons (Fsp3) is 0.800. The van der Waals surface area contributed by atoms with E-state index in [1.807, 2.05) is 0 Å². The SMILES string of the molecule is CC(C)(c1cnn(C(C)(C)C)c1)N1CC2CC2C1. The average Bonchev–Trinajstić information content (AvgIpc) is 2.72. The molecule has 1 saturated carbocycles. The lowest BCUT2D eigenvalue weighted by molar-refractivity contribution is 0.137. The van der Waals surface area contributed by atoms with Gasteiger partial charge in [-0.05, 0) is 52.9 Å². The van der Waals surface area contributed by atoms with Gasteiger partial charge in [0.05, 0.1) is 11.7 Å². The van der Waals surface area contributed by atoms with Crippen LogP contribution in [0.15, 0.2) is 12.4 Å². The molecule has 3 heteroatoms. The molecule has 0 amide bonds. The molecule has 18 heavy (non-hydrogen) atoms. The topological polar surface area (TPSA) is 21.1 Å². The number of aromatic nitrogens is 2. The van der Waals surface area contributed by atoms with Crippen molar-refractivity contribution in [2.45, 2.75) is 52.1 Å². The van der Waals surface area contributed by atoms with Gasteiger partial charge in [-0.3, -0.25) is 9.58 Å². The van der Waals surface area contributed by atoms with E-state index < -0.39 is 0 Å². The summed E-state index contributed by atoms with van der Waals surface area (Å²) < 4.78 is 2.08. The molecular weight excluding hydrogens is 222 g/mol. The van der Waals surface area contributed by atoms with E-state index in [0.717, 1.165) is 11.8 Å². The Morgan fingerprint density at radius 3 is 2.22 bits per heavy atom.